The molecule has 2 unspecified atom stereocenters. The van der Waals surface area contributed by atoms with Crippen LogP contribution in [0.4, 0.5) is 4.39 Å². The van der Waals surface area contributed by atoms with E-state index in [4.69, 9.17) is 5.73 Å². The van der Waals surface area contributed by atoms with Gasteiger partial charge in [0.2, 0.25) is 5.91 Å². The molecular formula is C16H23FN2OS. The molecule has 1 fully saturated rings. The monoisotopic (exact) mass is 310 g/mol. The molecular weight excluding hydrogens is 287 g/mol. The zero-order chi connectivity index (χ0) is 15.1. The molecule has 0 radical (unpaired) electrons. The first-order valence-corrected chi connectivity index (χ1v) is 8.56. The van der Waals surface area contributed by atoms with Crippen LogP contribution in [0.3, 0.4) is 0 Å². The largest absolute Gasteiger partial charge is 0.353 e. The summed E-state index contributed by atoms with van der Waals surface area (Å²) in [5.41, 5.74) is 5.77. The van der Waals surface area contributed by atoms with Crippen molar-refractivity contribution in [3.8, 4) is 0 Å². The van der Waals surface area contributed by atoms with Gasteiger partial charge in [0.25, 0.3) is 0 Å². The highest BCUT2D eigenvalue weighted by atomic mass is 32.2. The minimum atomic E-state index is -0.224. The summed E-state index contributed by atoms with van der Waals surface area (Å²) in [6.07, 6.45) is 4.90. The van der Waals surface area contributed by atoms with Crippen LogP contribution in [0.5, 0.6) is 0 Å². The number of thioether (sulfide) groups is 1. The van der Waals surface area contributed by atoms with E-state index < -0.39 is 0 Å². The molecule has 3 nitrogen and oxygen atoms in total. The summed E-state index contributed by atoms with van der Waals surface area (Å²) in [7, 11) is 0. The van der Waals surface area contributed by atoms with Crippen LogP contribution < -0.4 is 11.1 Å². The summed E-state index contributed by atoms with van der Waals surface area (Å²) in [4.78, 5) is 12.6. The van der Waals surface area contributed by atoms with Crippen molar-refractivity contribution in [3.05, 3.63) is 30.1 Å². The van der Waals surface area contributed by atoms with E-state index >= 15 is 0 Å². The van der Waals surface area contributed by atoms with Gasteiger partial charge in [0, 0.05) is 23.1 Å². The van der Waals surface area contributed by atoms with Crippen LogP contribution in [-0.2, 0) is 4.79 Å². The Hall–Kier alpha value is -1.07. The van der Waals surface area contributed by atoms with Gasteiger partial charge in [0.1, 0.15) is 5.82 Å². The van der Waals surface area contributed by atoms with E-state index in [1.54, 1.807) is 18.2 Å². The average Bonchev–Trinajstić information content (AvgIpc) is 2.50. The van der Waals surface area contributed by atoms with Crippen molar-refractivity contribution in [2.45, 2.75) is 43.0 Å². The van der Waals surface area contributed by atoms with Crippen molar-refractivity contribution in [1.29, 1.82) is 0 Å². The fourth-order valence-corrected chi connectivity index (χ4v) is 3.66. The Morgan fingerprint density at radius 2 is 2.10 bits per heavy atom. The van der Waals surface area contributed by atoms with Crippen molar-refractivity contribution in [2.75, 3.05) is 12.3 Å². The van der Waals surface area contributed by atoms with Gasteiger partial charge >= 0.3 is 0 Å². The molecule has 3 N–H and O–H groups in total. The van der Waals surface area contributed by atoms with E-state index in [2.05, 4.69) is 5.32 Å². The SMILES string of the molecule is NCC1CCCCC1NC(=O)CCSc1ccccc1F. The molecule has 0 saturated heterocycles. The van der Waals surface area contributed by atoms with E-state index in [9.17, 15) is 9.18 Å². The summed E-state index contributed by atoms with van der Waals surface area (Å²) in [5, 5.41) is 3.09. The number of amides is 1. The molecule has 0 spiro atoms. The zero-order valence-corrected chi connectivity index (χ0v) is 13.0. The molecule has 116 valence electrons. The lowest BCUT2D eigenvalue weighted by molar-refractivity contribution is -0.121. The van der Waals surface area contributed by atoms with Gasteiger partial charge in [-0.1, -0.05) is 25.0 Å². The molecule has 1 aliphatic rings. The molecule has 1 aliphatic carbocycles. The van der Waals surface area contributed by atoms with Crippen molar-refractivity contribution >= 4 is 17.7 Å². The summed E-state index contributed by atoms with van der Waals surface area (Å²) in [5.74, 6) is 0.816. The van der Waals surface area contributed by atoms with Crippen LogP contribution in [0.15, 0.2) is 29.2 Å². The Bertz CT molecular complexity index is 469. The number of rotatable bonds is 6. The number of hydrogen-bond acceptors (Lipinski definition) is 3. The molecule has 21 heavy (non-hydrogen) atoms. The molecule has 5 heteroatoms. The fourth-order valence-electron chi connectivity index (χ4n) is 2.77. The Morgan fingerprint density at radius 1 is 1.33 bits per heavy atom. The number of halogens is 1. The molecule has 2 atom stereocenters. The maximum Gasteiger partial charge on any atom is 0.221 e. The Kier molecular flexibility index (Phi) is 6.51. The highest BCUT2D eigenvalue weighted by Gasteiger charge is 2.24. The third-order valence-electron chi connectivity index (χ3n) is 3.98. The predicted octanol–water partition coefficient (Wildman–Crippen LogP) is 2.94. The number of nitrogens with two attached hydrogens (primary N) is 1. The average molecular weight is 310 g/mol. The highest BCUT2D eigenvalue weighted by Crippen LogP contribution is 2.24. The Morgan fingerprint density at radius 3 is 2.86 bits per heavy atom. The minimum Gasteiger partial charge on any atom is -0.353 e. The second-order valence-electron chi connectivity index (χ2n) is 5.48. The summed E-state index contributed by atoms with van der Waals surface area (Å²) in [6, 6.07) is 6.87. The van der Waals surface area contributed by atoms with E-state index in [1.807, 2.05) is 0 Å². The van der Waals surface area contributed by atoms with Crippen LogP contribution in [0.2, 0.25) is 0 Å². The van der Waals surface area contributed by atoms with Crippen LogP contribution in [0.25, 0.3) is 0 Å². The van der Waals surface area contributed by atoms with Gasteiger partial charge in [0.05, 0.1) is 0 Å². The van der Waals surface area contributed by atoms with Gasteiger partial charge in [-0.3, -0.25) is 4.79 Å². The quantitative estimate of drug-likeness (QED) is 0.794. The van der Waals surface area contributed by atoms with E-state index in [0.29, 0.717) is 29.5 Å². The molecule has 0 heterocycles. The van der Waals surface area contributed by atoms with Gasteiger partial charge in [-0.05, 0) is 37.4 Å². The van der Waals surface area contributed by atoms with Crippen LogP contribution in [0.1, 0.15) is 32.1 Å². The van der Waals surface area contributed by atoms with E-state index in [0.717, 1.165) is 19.3 Å². The number of benzene rings is 1. The molecule has 1 aromatic carbocycles. The smallest absolute Gasteiger partial charge is 0.221 e. The lowest BCUT2D eigenvalue weighted by Crippen LogP contribution is -2.44. The van der Waals surface area contributed by atoms with E-state index in [-0.39, 0.29) is 17.8 Å². The normalized spacial score (nSPS) is 22.0. The fraction of sp³-hybridized carbons (Fsp3) is 0.562. The zero-order valence-electron chi connectivity index (χ0n) is 12.2. The third kappa shape index (κ3) is 5.00. The second-order valence-corrected chi connectivity index (χ2v) is 6.62. The lowest BCUT2D eigenvalue weighted by atomic mass is 9.84. The third-order valence-corrected chi connectivity index (χ3v) is 5.03. The van der Waals surface area contributed by atoms with Crippen LogP contribution >= 0.6 is 11.8 Å². The van der Waals surface area contributed by atoms with Gasteiger partial charge in [0.15, 0.2) is 0 Å². The summed E-state index contributed by atoms with van der Waals surface area (Å²) < 4.78 is 13.4. The molecule has 1 saturated carbocycles. The maximum atomic E-state index is 13.4. The van der Waals surface area contributed by atoms with Crippen molar-refractivity contribution in [1.82, 2.24) is 5.32 Å². The molecule has 0 aromatic heterocycles. The lowest BCUT2D eigenvalue weighted by Gasteiger charge is -2.31. The first-order valence-electron chi connectivity index (χ1n) is 7.57. The van der Waals surface area contributed by atoms with Gasteiger partial charge < -0.3 is 11.1 Å². The maximum absolute atomic E-state index is 13.4. The minimum absolute atomic E-state index is 0.0455. The van der Waals surface area contributed by atoms with Crippen molar-refractivity contribution < 1.29 is 9.18 Å². The number of hydrogen-bond donors (Lipinski definition) is 2. The standard InChI is InChI=1S/C16H23FN2OS/c17-13-6-2-4-8-15(13)21-10-9-16(20)19-14-7-3-1-5-12(14)11-18/h2,4,6,8,12,14H,1,3,5,7,9-11,18H2,(H,19,20). The van der Waals surface area contributed by atoms with Gasteiger partial charge in [-0.15, -0.1) is 11.8 Å². The van der Waals surface area contributed by atoms with Crippen LogP contribution in [0, 0.1) is 11.7 Å². The summed E-state index contributed by atoms with van der Waals surface area (Å²) in [6.45, 7) is 0.634. The Labute approximate surface area is 129 Å². The molecule has 1 amide bonds. The number of carbonyl (C=O) groups excluding carboxylic acids is 1. The summed E-state index contributed by atoms with van der Waals surface area (Å²) >= 11 is 1.38. The van der Waals surface area contributed by atoms with Crippen molar-refractivity contribution in [2.24, 2.45) is 11.7 Å². The molecule has 1 aromatic rings. The van der Waals surface area contributed by atoms with Gasteiger partial charge in [-0.25, -0.2) is 4.39 Å². The number of nitrogens with one attached hydrogen (secondary N) is 1. The predicted molar refractivity (Wildman–Crippen MR) is 84.7 cm³/mol. The first-order chi connectivity index (χ1) is 10.2. The Balaban J connectivity index is 1.73. The molecule has 2 rings (SSSR count). The van der Waals surface area contributed by atoms with Crippen molar-refractivity contribution in [3.63, 3.8) is 0 Å². The highest BCUT2D eigenvalue weighted by molar-refractivity contribution is 7.99. The topological polar surface area (TPSA) is 55.1 Å². The van der Waals surface area contributed by atoms with Gasteiger partial charge in [-0.2, -0.15) is 0 Å². The number of carbonyl (C=O) groups is 1. The van der Waals surface area contributed by atoms with Crippen LogP contribution in [-0.4, -0.2) is 24.2 Å². The molecule has 0 aliphatic heterocycles. The second kappa shape index (κ2) is 8.39. The molecule has 0 bridgehead atoms. The first kappa shape index (κ1) is 16.3. The van der Waals surface area contributed by atoms with E-state index in [1.165, 1.54) is 24.2 Å².